The van der Waals surface area contributed by atoms with Crippen LogP contribution < -0.4 is 9.64 Å². The van der Waals surface area contributed by atoms with Crippen LogP contribution in [0, 0.1) is 0 Å². The average molecular weight is 555 g/mol. The van der Waals surface area contributed by atoms with E-state index in [1.165, 1.54) is 24.5 Å². The molecule has 0 unspecified atom stereocenters. The highest BCUT2D eigenvalue weighted by Crippen LogP contribution is 2.38. The lowest BCUT2D eigenvalue weighted by Gasteiger charge is -2.41. The molecule has 9 nitrogen and oxygen atoms in total. The minimum absolute atomic E-state index is 0.104. The second-order valence-electron chi connectivity index (χ2n) is 10.6. The third kappa shape index (κ3) is 5.80. The Bertz CT molecular complexity index is 1520. The summed E-state index contributed by atoms with van der Waals surface area (Å²) in [5.41, 5.74) is 1.91. The van der Waals surface area contributed by atoms with Crippen molar-refractivity contribution in [1.82, 2.24) is 24.4 Å². The van der Waals surface area contributed by atoms with Crippen LogP contribution in [0.2, 0.25) is 0 Å². The smallest absolute Gasteiger partial charge is 0.444 e. The highest BCUT2D eigenvalue weighted by molar-refractivity contribution is 6.02. The molecular formula is C28H29F3N6O3. The van der Waals surface area contributed by atoms with Crippen molar-refractivity contribution in [2.75, 3.05) is 24.5 Å². The molecule has 0 N–H and O–H groups in total. The number of rotatable bonds is 4. The summed E-state index contributed by atoms with van der Waals surface area (Å²) in [6, 6.07) is 9.33. The van der Waals surface area contributed by atoms with Gasteiger partial charge in [-0.15, -0.1) is 13.2 Å². The van der Waals surface area contributed by atoms with Crippen molar-refractivity contribution in [1.29, 1.82) is 0 Å². The third-order valence-corrected chi connectivity index (χ3v) is 6.42. The number of carbonyl (C=O) groups excluding carboxylic acids is 1. The molecule has 1 fully saturated rings. The number of anilines is 1. The molecule has 0 saturated carbocycles. The first-order valence-electron chi connectivity index (χ1n) is 12.8. The van der Waals surface area contributed by atoms with E-state index in [1.807, 2.05) is 46.0 Å². The Balaban J connectivity index is 1.57. The Morgan fingerprint density at radius 2 is 1.88 bits per heavy atom. The van der Waals surface area contributed by atoms with Gasteiger partial charge in [-0.1, -0.05) is 12.1 Å². The van der Waals surface area contributed by atoms with Crippen molar-refractivity contribution in [2.24, 2.45) is 0 Å². The maximum atomic E-state index is 12.9. The number of amides is 1. The minimum Gasteiger partial charge on any atom is -0.444 e. The van der Waals surface area contributed by atoms with Crippen molar-refractivity contribution in [3.8, 4) is 22.6 Å². The first-order chi connectivity index (χ1) is 18.9. The molecule has 4 aromatic rings. The van der Waals surface area contributed by atoms with Crippen molar-refractivity contribution >= 4 is 22.9 Å². The van der Waals surface area contributed by atoms with Crippen LogP contribution in [-0.2, 0) is 4.74 Å². The number of alkyl halides is 3. The number of carbonyl (C=O) groups is 1. The lowest BCUT2D eigenvalue weighted by Crippen LogP contribution is -2.54. The Morgan fingerprint density at radius 1 is 1.07 bits per heavy atom. The van der Waals surface area contributed by atoms with Gasteiger partial charge in [-0.2, -0.15) is 0 Å². The van der Waals surface area contributed by atoms with Gasteiger partial charge in [0.25, 0.3) is 0 Å². The molecule has 4 heterocycles. The summed E-state index contributed by atoms with van der Waals surface area (Å²) in [7, 11) is 0. The normalized spacial score (nSPS) is 16.3. The zero-order valence-electron chi connectivity index (χ0n) is 22.5. The lowest BCUT2D eigenvalue weighted by molar-refractivity contribution is -0.274. The maximum absolute atomic E-state index is 12.9. The van der Waals surface area contributed by atoms with Crippen LogP contribution in [0.3, 0.4) is 0 Å². The van der Waals surface area contributed by atoms with Crippen molar-refractivity contribution in [2.45, 2.75) is 45.7 Å². The lowest BCUT2D eigenvalue weighted by atomic mass is 10.1. The number of hydrogen-bond acceptors (Lipinski definition) is 7. The third-order valence-electron chi connectivity index (χ3n) is 6.42. The van der Waals surface area contributed by atoms with E-state index in [1.54, 1.807) is 27.9 Å². The van der Waals surface area contributed by atoms with Gasteiger partial charge in [0.15, 0.2) is 5.65 Å². The fourth-order valence-corrected chi connectivity index (χ4v) is 4.80. The topological polar surface area (TPSA) is 85.6 Å². The fourth-order valence-electron chi connectivity index (χ4n) is 4.80. The van der Waals surface area contributed by atoms with Gasteiger partial charge in [-0.05, 0) is 45.9 Å². The minimum atomic E-state index is -4.81. The van der Waals surface area contributed by atoms with Crippen molar-refractivity contribution < 1.29 is 27.4 Å². The van der Waals surface area contributed by atoms with Gasteiger partial charge < -0.3 is 23.8 Å². The van der Waals surface area contributed by atoms with E-state index in [4.69, 9.17) is 4.74 Å². The zero-order valence-corrected chi connectivity index (χ0v) is 22.5. The quantitative estimate of drug-likeness (QED) is 0.314. The van der Waals surface area contributed by atoms with E-state index < -0.39 is 12.0 Å². The van der Waals surface area contributed by atoms with E-state index in [2.05, 4.69) is 24.6 Å². The first-order valence-corrected chi connectivity index (χ1v) is 12.8. The van der Waals surface area contributed by atoms with Crippen LogP contribution in [0.5, 0.6) is 5.75 Å². The summed E-state index contributed by atoms with van der Waals surface area (Å²) in [5.74, 6) is 0.317. The number of hydrogen-bond donors (Lipinski definition) is 0. The summed E-state index contributed by atoms with van der Waals surface area (Å²) in [5, 5.41) is 0.718. The van der Waals surface area contributed by atoms with E-state index in [-0.39, 0.29) is 17.9 Å². The number of benzene rings is 1. The Labute approximate surface area is 229 Å². The predicted molar refractivity (Wildman–Crippen MR) is 143 cm³/mol. The molecule has 1 aliphatic heterocycles. The van der Waals surface area contributed by atoms with Crippen LogP contribution in [0.1, 0.15) is 27.7 Å². The standard InChI is InChI=1S/C28H29F3N6O3/c1-18-15-35(26(38)40-27(2,3)4)11-12-36(18)24-23-22(19-7-6-10-32-14-19)16-37(25(23)34-17-33-24)20-8-5-9-21(13-20)39-28(29,30)31/h5-10,13-14,16-18H,11-12,15H2,1-4H3/t18-/m0/s1. The summed E-state index contributed by atoms with van der Waals surface area (Å²) in [6.45, 7) is 8.86. The number of halogens is 3. The molecule has 3 aromatic heterocycles. The highest BCUT2D eigenvalue weighted by atomic mass is 19.4. The number of piperazine rings is 1. The summed E-state index contributed by atoms with van der Waals surface area (Å²) in [6.07, 6.45) is 1.44. The van der Waals surface area contributed by atoms with Crippen molar-refractivity contribution in [3.05, 3.63) is 61.3 Å². The Kier molecular flexibility index (Phi) is 7.03. The fraction of sp³-hybridized carbons (Fsp3) is 0.357. The number of fused-ring (bicyclic) bond motifs is 1. The summed E-state index contributed by atoms with van der Waals surface area (Å²) < 4.78 is 50.2. The molecule has 210 valence electrons. The van der Waals surface area contributed by atoms with Gasteiger partial charge in [0.05, 0.1) is 11.1 Å². The number of aromatic nitrogens is 4. The molecule has 0 radical (unpaired) electrons. The molecule has 5 rings (SSSR count). The number of ether oxygens (including phenoxy) is 2. The molecule has 12 heteroatoms. The molecular weight excluding hydrogens is 525 g/mol. The predicted octanol–water partition coefficient (Wildman–Crippen LogP) is 5.83. The zero-order chi connectivity index (χ0) is 28.7. The summed E-state index contributed by atoms with van der Waals surface area (Å²) >= 11 is 0. The molecule has 40 heavy (non-hydrogen) atoms. The first kappa shape index (κ1) is 27.2. The number of nitrogens with zero attached hydrogens (tertiary/aromatic N) is 6. The van der Waals surface area contributed by atoms with Gasteiger partial charge in [0.2, 0.25) is 0 Å². The van der Waals surface area contributed by atoms with Gasteiger partial charge in [-0.25, -0.2) is 14.8 Å². The molecule has 1 atom stereocenters. The van der Waals surface area contributed by atoms with Crippen LogP contribution >= 0.6 is 0 Å². The molecule has 0 bridgehead atoms. The van der Waals surface area contributed by atoms with Crippen LogP contribution in [0.4, 0.5) is 23.8 Å². The van der Waals surface area contributed by atoms with Crippen LogP contribution in [0.25, 0.3) is 27.8 Å². The van der Waals surface area contributed by atoms with Gasteiger partial charge in [0, 0.05) is 61.5 Å². The van der Waals surface area contributed by atoms with E-state index in [0.29, 0.717) is 36.8 Å². The molecule has 1 amide bonds. The van der Waals surface area contributed by atoms with Crippen LogP contribution in [-0.4, -0.2) is 68.2 Å². The van der Waals surface area contributed by atoms with E-state index in [9.17, 15) is 18.0 Å². The van der Waals surface area contributed by atoms with Gasteiger partial charge in [0.1, 0.15) is 23.5 Å². The van der Waals surface area contributed by atoms with E-state index in [0.717, 1.165) is 16.5 Å². The Hall–Kier alpha value is -4.35. The SMILES string of the molecule is C[C@H]1CN(C(=O)OC(C)(C)C)CCN1c1ncnc2c1c(-c1cccnc1)cn2-c1cccc(OC(F)(F)F)c1. The molecule has 1 aliphatic rings. The Morgan fingerprint density at radius 3 is 2.55 bits per heavy atom. The second kappa shape index (κ2) is 10.3. The van der Waals surface area contributed by atoms with Crippen molar-refractivity contribution in [3.63, 3.8) is 0 Å². The highest BCUT2D eigenvalue weighted by Gasteiger charge is 2.33. The second-order valence-corrected chi connectivity index (χ2v) is 10.6. The molecule has 1 aromatic carbocycles. The van der Waals surface area contributed by atoms with Crippen LogP contribution in [0.15, 0.2) is 61.3 Å². The largest absolute Gasteiger partial charge is 0.573 e. The van der Waals surface area contributed by atoms with Gasteiger partial charge in [-0.3, -0.25) is 4.98 Å². The van der Waals surface area contributed by atoms with E-state index >= 15 is 0 Å². The molecule has 1 saturated heterocycles. The number of pyridine rings is 1. The molecule has 0 spiro atoms. The molecule has 0 aliphatic carbocycles. The summed E-state index contributed by atoms with van der Waals surface area (Å²) in [4.78, 5) is 29.9. The maximum Gasteiger partial charge on any atom is 0.573 e. The average Bonchev–Trinajstić information content (AvgIpc) is 3.27. The monoisotopic (exact) mass is 554 g/mol. The van der Waals surface area contributed by atoms with Gasteiger partial charge >= 0.3 is 12.5 Å².